The van der Waals surface area contributed by atoms with Crippen molar-refractivity contribution >= 4 is 47.8 Å². The first kappa shape index (κ1) is 38.4. The molecule has 0 aromatic heterocycles. The summed E-state index contributed by atoms with van der Waals surface area (Å²) in [7, 11) is 0. The van der Waals surface area contributed by atoms with Gasteiger partial charge in [0.2, 0.25) is 12.6 Å². The number of aromatic carboxylic acids is 4. The summed E-state index contributed by atoms with van der Waals surface area (Å²) in [5.41, 5.74) is -1.13. The van der Waals surface area contributed by atoms with Crippen LogP contribution in [0.2, 0.25) is 0 Å². The molecule has 0 saturated carbocycles. The van der Waals surface area contributed by atoms with Crippen molar-refractivity contribution in [2.24, 2.45) is 0 Å². The molecule has 17 heteroatoms. The smallest absolute Gasteiger partial charge is 0.340 e. The summed E-state index contributed by atoms with van der Waals surface area (Å²) in [5.74, 6) is -9.36. The molecule has 4 aromatic rings. The minimum atomic E-state index is -1.91. The van der Waals surface area contributed by atoms with E-state index in [4.69, 9.17) is 44.1 Å². The first-order valence-electron chi connectivity index (χ1n) is 15.0. The van der Waals surface area contributed by atoms with Crippen molar-refractivity contribution in [2.45, 2.75) is 12.6 Å². The van der Waals surface area contributed by atoms with Gasteiger partial charge in [-0.25, -0.2) is 38.4 Å². The minimum Gasteiger partial charge on any atom is -0.478 e. The minimum absolute atomic E-state index is 0.111. The molecule has 4 aromatic carbocycles. The SMILES string of the molecule is O=C(O)c1ccc(C(=O)OCC(OC(=O)c2ccc(C(=O)O)cc2)OC(COC(=O)c2ccc(C(=O)O)cc2)OC(=O)c2ccc(C(=O)O)cc2)cc1. The number of hydrogen-bond acceptors (Lipinski definition) is 13. The van der Waals surface area contributed by atoms with Gasteiger partial charge < -0.3 is 39.4 Å². The second-order valence-electron chi connectivity index (χ2n) is 10.5. The maximum absolute atomic E-state index is 13.1. The van der Waals surface area contributed by atoms with E-state index in [1.807, 2.05) is 0 Å². The van der Waals surface area contributed by atoms with Crippen LogP contribution in [0, 0.1) is 0 Å². The van der Waals surface area contributed by atoms with E-state index in [0.29, 0.717) is 0 Å². The highest BCUT2D eigenvalue weighted by Gasteiger charge is 2.28. The monoisotopic (exact) mass is 730 g/mol. The van der Waals surface area contributed by atoms with Gasteiger partial charge >= 0.3 is 47.8 Å². The van der Waals surface area contributed by atoms with E-state index in [0.717, 1.165) is 97.1 Å². The third-order valence-corrected chi connectivity index (χ3v) is 6.95. The Morgan fingerprint density at radius 1 is 0.358 bits per heavy atom. The van der Waals surface area contributed by atoms with E-state index in [2.05, 4.69) is 0 Å². The zero-order valence-electron chi connectivity index (χ0n) is 26.9. The third kappa shape index (κ3) is 10.8. The van der Waals surface area contributed by atoms with Gasteiger partial charge in [0.1, 0.15) is 0 Å². The van der Waals surface area contributed by atoms with E-state index in [-0.39, 0.29) is 44.5 Å². The van der Waals surface area contributed by atoms with Crippen LogP contribution in [0.3, 0.4) is 0 Å². The van der Waals surface area contributed by atoms with Crippen molar-refractivity contribution in [2.75, 3.05) is 13.2 Å². The molecule has 2 unspecified atom stereocenters. The number of benzene rings is 4. The second-order valence-corrected chi connectivity index (χ2v) is 10.5. The maximum atomic E-state index is 13.1. The van der Waals surface area contributed by atoms with Crippen LogP contribution in [0.4, 0.5) is 0 Å². The Bertz CT molecular complexity index is 1870. The number of carbonyl (C=O) groups excluding carboxylic acids is 4. The molecule has 53 heavy (non-hydrogen) atoms. The van der Waals surface area contributed by atoms with Gasteiger partial charge in [-0.05, 0) is 97.1 Å². The second kappa shape index (κ2) is 17.5. The summed E-state index contributed by atoms with van der Waals surface area (Å²) < 4.78 is 26.8. The average Bonchev–Trinajstić information content (AvgIpc) is 3.15. The van der Waals surface area contributed by atoms with Crippen molar-refractivity contribution < 1.29 is 82.5 Å². The molecule has 0 spiro atoms. The number of rotatable bonds is 16. The number of carboxylic acid groups (broad SMARTS) is 4. The van der Waals surface area contributed by atoms with Crippen molar-refractivity contribution in [3.63, 3.8) is 0 Å². The molecule has 272 valence electrons. The van der Waals surface area contributed by atoms with Crippen LogP contribution in [-0.2, 0) is 23.7 Å². The first-order valence-corrected chi connectivity index (χ1v) is 15.0. The van der Waals surface area contributed by atoms with Crippen LogP contribution in [-0.4, -0.2) is 94.0 Å². The Hall–Kier alpha value is -7.40. The van der Waals surface area contributed by atoms with E-state index >= 15 is 0 Å². The third-order valence-electron chi connectivity index (χ3n) is 6.95. The Morgan fingerprint density at radius 2 is 0.566 bits per heavy atom. The molecule has 0 bridgehead atoms. The average molecular weight is 731 g/mol. The molecule has 0 heterocycles. The van der Waals surface area contributed by atoms with Crippen molar-refractivity contribution in [3.05, 3.63) is 142 Å². The van der Waals surface area contributed by atoms with Crippen LogP contribution in [0.25, 0.3) is 0 Å². The molecule has 0 fully saturated rings. The van der Waals surface area contributed by atoms with Gasteiger partial charge in [-0.2, -0.15) is 0 Å². The largest absolute Gasteiger partial charge is 0.478 e. The molecule has 2 atom stereocenters. The molecule has 0 saturated heterocycles. The van der Waals surface area contributed by atoms with Crippen LogP contribution >= 0.6 is 0 Å². The number of hydrogen-bond donors (Lipinski definition) is 4. The molecule has 0 amide bonds. The predicted octanol–water partition coefficient (Wildman–Crippen LogP) is 3.88. The van der Waals surface area contributed by atoms with Crippen molar-refractivity contribution in [3.8, 4) is 0 Å². The van der Waals surface area contributed by atoms with Gasteiger partial charge in [-0.1, -0.05) is 0 Å². The normalized spacial score (nSPS) is 11.6. The Labute approximate surface area is 297 Å². The molecule has 0 aliphatic heterocycles. The Kier molecular flexibility index (Phi) is 12.7. The zero-order chi connectivity index (χ0) is 38.7. The van der Waals surface area contributed by atoms with Crippen LogP contribution in [0.5, 0.6) is 0 Å². The lowest BCUT2D eigenvalue weighted by Crippen LogP contribution is -2.37. The fraction of sp³-hybridized carbons (Fsp3) is 0.111. The van der Waals surface area contributed by atoms with Crippen molar-refractivity contribution in [1.29, 1.82) is 0 Å². The lowest BCUT2D eigenvalue weighted by molar-refractivity contribution is -0.229. The van der Waals surface area contributed by atoms with Gasteiger partial charge in [0.25, 0.3) is 0 Å². The fourth-order valence-corrected chi connectivity index (χ4v) is 4.20. The maximum Gasteiger partial charge on any atom is 0.340 e. The summed E-state index contributed by atoms with van der Waals surface area (Å²) in [5, 5.41) is 36.6. The topological polar surface area (TPSA) is 264 Å². The number of carboxylic acids is 4. The molecular formula is C36H26O17. The summed E-state index contributed by atoms with van der Waals surface area (Å²) in [6.07, 6.45) is -3.82. The molecule has 0 aliphatic carbocycles. The summed E-state index contributed by atoms with van der Waals surface area (Å²) in [4.78, 5) is 96.5. The highest BCUT2D eigenvalue weighted by molar-refractivity contribution is 5.95. The highest BCUT2D eigenvalue weighted by atomic mass is 16.8. The van der Waals surface area contributed by atoms with Gasteiger partial charge in [-0.15, -0.1) is 0 Å². The van der Waals surface area contributed by atoms with E-state index in [1.165, 1.54) is 0 Å². The molecule has 0 radical (unpaired) electrons. The van der Waals surface area contributed by atoms with E-state index < -0.39 is 73.5 Å². The van der Waals surface area contributed by atoms with Crippen molar-refractivity contribution in [1.82, 2.24) is 0 Å². The standard InChI is InChI=1S/C36H26O17/c37-29(38)19-1-9-23(10-2-19)33(45)49-17-27(52-35(47)25-13-5-21(6-14-25)31(41)42)51-28(53-36(48)26-15-7-22(8-16-26)32(43)44)18-50-34(46)24-11-3-20(4-12-24)30(39)40/h1-16,27-28H,17-18H2,(H,37,38)(H,39,40)(H,41,42)(H,43,44). The highest BCUT2D eigenvalue weighted by Crippen LogP contribution is 2.16. The fourth-order valence-electron chi connectivity index (χ4n) is 4.20. The number of ether oxygens (including phenoxy) is 5. The van der Waals surface area contributed by atoms with Crippen LogP contribution < -0.4 is 0 Å². The van der Waals surface area contributed by atoms with Gasteiger partial charge in [0, 0.05) is 0 Å². The molecule has 0 aliphatic rings. The molecular weight excluding hydrogens is 704 g/mol. The number of carbonyl (C=O) groups is 8. The van der Waals surface area contributed by atoms with E-state index in [1.54, 1.807) is 0 Å². The lowest BCUT2D eigenvalue weighted by Gasteiger charge is -2.24. The van der Waals surface area contributed by atoms with Gasteiger partial charge in [-0.3, -0.25) is 4.74 Å². The van der Waals surface area contributed by atoms with Gasteiger partial charge in [0.15, 0.2) is 13.2 Å². The molecule has 4 N–H and O–H groups in total. The quantitative estimate of drug-likeness (QED) is 0.0724. The first-order chi connectivity index (χ1) is 25.2. The Morgan fingerprint density at radius 3 is 0.792 bits per heavy atom. The number of esters is 4. The van der Waals surface area contributed by atoms with Crippen LogP contribution in [0.1, 0.15) is 82.9 Å². The van der Waals surface area contributed by atoms with E-state index in [9.17, 15) is 38.4 Å². The molecule has 4 rings (SSSR count). The molecule has 17 nitrogen and oxygen atoms in total. The Balaban J connectivity index is 1.59. The van der Waals surface area contributed by atoms with Crippen LogP contribution in [0.15, 0.2) is 97.1 Å². The lowest BCUT2D eigenvalue weighted by atomic mass is 10.1. The summed E-state index contributed by atoms with van der Waals surface area (Å²) in [6, 6.07) is 18.1. The summed E-state index contributed by atoms with van der Waals surface area (Å²) in [6.45, 7) is -1.77. The predicted molar refractivity (Wildman–Crippen MR) is 174 cm³/mol. The zero-order valence-corrected chi connectivity index (χ0v) is 26.9. The van der Waals surface area contributed by atoms with Gasteiger partial charge in [0.05, 0.1) is 44.5 Å². The summed E-state index contributed by atoms with van der Waals surface area (Å²) >= 11 is 0.